The van der Waals surface area contributed by atoms with Crippen molar-refractivity contribution in [2.45, 2.75) is 32.9 Å². The Morgan fingerprint density at radius 3 is 1.88 bits per heavy atom. The molecule has 1 aliphatic rings. The van der Waals surface area contributed by atoms with Crippen LogP contribution in [-0.4, -0.2) is 30.2 Å². The molecule has 0 aromatic rings. The van der Waals surface area contributed by atoms with Crippen LogP contribution in [0, 0.1) is 0 Å². The number of rotatable bonds is 1. The number of hydrogen-bond acceptors (Lipinski definition) is 0. The largest absolute Gasteiger partial charge is 0.312 e. The molecule has 1 rings (SSSR count). The zero-order valence-corrected chi connectivity index (χ0v) is 6.31. The van der Waals surface area contributed by atoms with E-state index in [1.807, 2.05) is 0 Å². The quantitative estimate of drug-likeness (QED) is 0.355. The molecule has 1 heteroatoms. The Bertz CT molecular complexity index is 98.6. The summed E-state index contributed by atoms with van der Waals surface area (Å²) in [5.74, 6) is 0. The molecule has 0 spiro atoms. The second kappa shape index (κ2) is 1.47. The molecule has 0 N–H and O–H groups in total. The van der Waals surface area contributed by atoms with Gasteiger partial charge in [-0.25, -0.2) is 0 Å². The Kier molecular flexibility index (Phi) is 1.12. The van der Waals surface area contributed by atoms with E-state index in [1.165, 1.54) is 11.0 Å². The van der Waals surface area contributed by atoms with Gasteiger partial charge >= 0.3 is 0 Å². The van der Waals surface area contributed by atoms with Crippen molar-refractivity contribution in [3.63, 3.8) is 0 Å². The van der Waals surface area contributed by atoms with Crippen LogP contribution in [0.3, 0.4) is 0 Å². The van der Waals surface area contributed by atoms with Crippen molar-refractivity contribution < 1.29 is 4.48 Å². The maximum Gasteiger partial charge on any atom is 0.136 e. The van der Waals surface area contributed by atoms with E-state index in [4.69, 9.17) is 0 Å². The topological polar surface area (TPSA) is 0 Å². The highest BCUT2D eigenvalue weighted by Crippen LogP contribution is 2.30. The Morgan fingerprint density at radius 1 is 1.50 bits per heavy atom. The van der Waals surface area contributed by atoms with E-state index < -0.39 is 0 Å². The second-order valence-corrected chi connectivity index (χ2v) is 3.47. The lowest BCUT2D eigenvalue weighted by Crippen LogP contribution is -2.30. The summed E-state index contributed by atoms with van der Waals surface area (Å²) in [6.45, 7) is 8.30. The first kappa shape index (κ1) is 6.09. The second-order valence-electron chi connectivity index (χ2n) is 3.47. The first-order chi connectivity index (χ1) is 3.57. The van der Waals surface area contributed by atoms with Gasteiger partial charge in [0, 0.05) is 0 Å². The molecule has 0 radical (unpaired) electrons. The Morgan fingerprint density at radius 2 is 1.88 bits per heavy atom. The Labute approximate surface area is 51.9 Å². The maximum atomic E-state index is 2.33. The van der Waals surface area contributed by atoms with Crippen molar-refractivity contribution in [3.8, 4) is 0 Å². The minimum absolute atomic E-state index is 0.824. The van der Waals surface area contributed by atoms with Crippen molar-refractivity contribution >= 4 is 0 Å². The normalized spacial score (nSPS) is 45.4. The third-order valence-corrected chi connectivity index (χ3v) is 2.71. The van der Waals surface area contributed by atoms with Gasteiger partial charge in [-0.15, -0.1) is 0 Å². The fourth-order valence-corrected chi connectivity index (χ4v) is 1.24. The molecule has 0 saturated carbocycles. The standard InChI is InChI=1S/C7H16N/c1-6(2)8(4)5-7(8)3/h6-7H,5H2,1-4H3/q+1/t7-,8?/m1/s1. The van der Waals surface area contributed by atoms with Crippen LogP contribution in [0.5, 0.6) is 0 Å². The van der Waals surface area contributed by atoms with Gasteiger partial charge in [-0.05, 0) is 20.8 Å². The van der Waals surface area contributed by atoms with E-state index in [0.29, 0.717) is 0 Å². The number of nitrogens with zero attached hydrogens (tertiary/aromatic N) is 1. The lowest BCUT2D eigenvalue weighted by Gasteiger charge is -2.17. The van der Waals surface area contributed by atoms with Crippen molar-refractivity contribution in [1.29, 1.82) is 0 Å². The van der Waals surface area contributed by atoms with Gasteiger partial charge in [-0.2, -0.15) is 0 Å². The zero-order valence-electron chi connectivity index (χ0n) is 6.31. The number of hydrogen-bond donors (Lipinski definition) is 0. The predicted octanol–water partition coefficient (Wildman–Crippen LogP) is 1.24. The third kappa shape index (κ3) is 0.655. The molecule has 1 aliphatic heterocycles. The average Bonchev–Trinajstić information content (AvgIpc) is 2.17. The van der Waals surface area contributed by atoms with Crippen molar-refractivity contribution in [3.05, 3.63) is 0 Å². The molecule has 8 heavy (non-hydrogen) atoms. The van der Waals surface area contributed by atoms with E-state index >= 15 is 0 Å². The third-order valence-electron chi connectivity index (χ3n) is 2.71. The zero-order chi connectivity index (χ0) is 6.36. The van der Waals surface area contributed by atoms with Crippen LogP contribution < -0.4 is 0 Å². The molecule has 0 amide bonds. The van der Waals surface area contributed by atoms with Gasteiger partial charge in [-0.1, -0.05) is 0 Å². The highest BCUT2D eigenvalue weighted by molar-refractivity contribution is 4.68. The molecule has 1 heterocycles. The molecule has 1 unspecified atom stereocenters. The molecule has 1 nitrogen and oxygen atoms in total. The van der Waals surface area contributed by atoms with Crippen LogP contribution in [-0.2, 0) is 0 Å². The van der Waals surface area contributed by atoms with Crippen LogP contribution in [0.2, 0.25) is 0 Å². The van der Waals surface area contributed by atoms with Gasteiger partial charge in [0.1, 0.15) is 12.6 Å². The number of likely N-dealkylation sites (N-methyl/N-ethyl adjacent to an activating group) is 1. The van der Waals surface area contributed by atoms with Crippen LogP contribution in [0.4, 0.5) is 0 Å². The molecule has 48 valence electrons. The minimum atomic E-state index is 0.824. The molecule has 2 atom stereocenters. The van der Waals surface area contributed by atoms with Gasteiger partial charge in [-0.3, -0.25) is 0 Å². The van der Waals surface area contributed by atoms with Crippen LogP contribution >= 0.6 is 0 Å². The lowest BCUT2D eigenvalue weighted by atomic mass is 10.3. The van der Waals surface area contributed by atoms with Gasteiger partial charge in [0.05, 0.1) is 13.1 Å². The first-order valence-corrected chi connectivity index (χ1v) is 3.42. The van der Waals surface area contributed by atoms with Crippen LogP contribution in [0.1, 0.15) is 20.8 Å². The summed E-state index contributed by atoms with van der Waals surface area (Å²) >= 11 is 0. The monoisotopic (exact) mass is 114 g/mol. The van der Waals surface area contributed by atoms with Gasteiger partial charge in [0.15, 0.2) is 0 Å². The first-order valence-electron chi connectivity index (χ1n) is 3.42. The smallest absolute Gasteiger partial charge is 0.136 e. The Balaban J connectivity index is 2.47. The van der Waals surface area contributed by atoms with Gasteiger partial charge in [0.2, 0.25) is 0 Å². The summed E-state index contributed by atoms with van der Waals surface area (Å²) in [6.07, 6.45) is 0. The van der Waals surface area contributed by atoms with Crippen LogP contribution in [0.15, 0.2) is 0 Å². The summed E-state index contributed by atoms with van der Waals surface area (Å²) in [5.41, 5.74) is 0. The van der Waals surface area contributed by atoms with E-state index in [-0.39, 0.29) is 0 Å². The molecular formula is C7H16N+. The van der Waals surface area contributed by atoms with Crippen LogP contribution in [0.25, 0.3) is 0 Å². The highest BCUT2D eigenvalue weighted by atomic mass is 15.5. The van der Waals surface area contributed by atoms with E-state index in [0.717, 1.165) is 12.1 Å². The van der Waals surface area contributed by atoms with E-state index in [1.54, 1.807) is 0 Å². The molecule has 1 fully saturated rings. The summed E-state index contributed by atoms with van der Waals surface area (Å²) < 4.78 is 1.29. The summed E-state index contributed by atoms with van der Waals surface area (Å²) in [4.78, 5) is 0. The average molecular weight is 114 g/mol. The van der Waals surface area contributed by atoms with E-state index in [2.05, 4.69) is 27.8 Å². The molecule has 1 saturated heterocycles. The fourth-order valence-electron chi connectivity index (χ4n) is 1.24. The van der Waals surface area contributed by atoms with Crippen molar-refractivity contribution in [1.82, 2.24) is 0 Å². The summed E-state index contributed by atoms with van der Waals surface area (Å²) in [7, 11) is 2.33. The van der Waals surface area contributed by atoms with Crippen molar-refractivity contribution in [2.24, 2.45) is 0 Å². The lowest BCUT2D eigenvalue weighted by molar-refractivity contribution is -0.814. The molecule has 0 bridgehead atoms. The minimum Gasteiger partial charge on any atom is -0.312 e. The summed E-state index contributed by atoms with van der Waals surface area (Å²) in [5, 5.41) is 0. The maximum absolute atomic E-state index is 2.33. The molecule has 0 aliphatic carbocycles. The Hall–Kier alpha value is -0.0400. The van der Waals surface area contributed by atoms with Gasteiger partial charge < -0.3 is 4.48 Å². The predicted molar refractivity (Wildman–Crippen MR) is 35.6 cm³/mol. The molecule has 0 aromatic heterocycles. The van der Waals surface area contributed by atoms with Gasteiger partial charge in [0.25, 0.3) is 0 Å². The summed E-state index contributed by atoms with van der Waals surface area (Å²) in [6, 6.07) is 1.75. The van der Waals surface area contributed by atoms with Crippen molar-refractivity contribution in [2.75, 3.05) is 13.6 Å². The van der Waals surface area contributed by atoms with E-state index in [9.17, 15) is 0 Å². The fraction of sp³-hybridized carbons (Fsp3) is 1.00. The SMILES string of the molecule is CC(C)[N+]1(C)C[C@H]1C. The highest BCUT2D eigenvalue weighted by Gasteiger charge is 2.49. The number of quaternary nitrogens is 1. The molecular weight excluding hydrogens is 98.1 g/mol. The molecule has 0 aromatic carbocycles.